The number of carbonyl (C=O) groups is 1. The Morgan fingerprint density at radius 3 is 2.18 bits per heavy atom. The molecule has 0 spiro atoms. The highest BCUT2D eigenvalue weighted by Gasteiger charge is 2.16. The number of sulfonamides is 1. The molecule has 1 amide bonds. The van der Waals surface area contributed by atoms with E-state index in [4.69, 9.17) is 0 Å². The molecule has 0 atom stereocenters. The molecule has 1 aromatic carbocycles. The zero-order chi connectivity index (χ0) is 16.8. The summed E-state index contributed by atoms with van der Waals surface area (Å²) in [6.45, 7) is 1.57. The minimum atomic E-state index is -3.42. The van der Waals surface area contributed by atoms with Crippen LogP contribution in [0.15, 0.2) is 29.2 Å². The van der Waals surface area contributed by atoms with Crippen molar-refractivity contribution in [1.29, 1.82) is 0 Å². The van der Waals surface area contributed by atoms with Crippen LogP contribution in [0, 0.1) is 0 Å². The summed E-state index contributed by atoms with van der Waals surface area (Å²) in [5, 5.41) is 2.86. The van der Waals surface area contributed by atoms with E-state index in [1.54, 1.807) is 12.1 Å². The lowest BCUT2D eigenvalue weighted by Crippen LogP contribution is -2.28. The molecule has 0 aromatic heterocycles. The monoisotopic (exact) mass is 327 g/mol. The van der Waals surface area contributed by atoms with Gasteiger partial charge in [0.1, 0.15) is 0 Å². The molecule has 0 aliphatic rings. The van der Waals surface area contributed by atoms with Gasteiger partial charge in [0.2, 0.25) is 15.9 Å². The summed E-state index contributed by atoms with van der Waals surface area (Å²) in [4.78, 5) is 14.1. The van der Waals surface area contributed by atoms with Crippen LogP contribution in [-0.4, -0.2) is 64.8 Å². The summed E-state index contributed by atoms with van der Waals surface area (Å²) in [6, 6.07) is 6.42. The molecule has 22 heavy (non-hydrogen) atoms. The van der Waals surface area contributed by atoms with Crippen LogP contribution in [0.25, 0.3) is 0 Å². The lowest BCUT2D eigenvalue weighted by molar-refractivity contribution is -0.120. The van der Waals surface area contributed by atoms with Crippen molar-refractivity contribution in [3.63, 3.8) is 0 Å². The van der Waals surface area contributed by atoms with Crippen molar-refractivity contribution in [1.82, 2.24) is 14.5 Å². The van der Waals surface area contributed by atoms with E-state index in [2.05, 4.69) is 10.2 Å². The Morgan fingerprint density at radius 2 is 1.68 bits per heavy atom. The zero-order valence-electron chi connectivity index (χ0n) is 13.7. The molecule has 0 fully saturated rings. The topological polar surface area (TPSA) is 69.7 Å². The molecule has 0 saturated carbocycles. The average molecular weight is 327 g/mol. The summed E-state index contributed by atoms with van der Waals surface area (Å²) in [5.74, 6) is -0.0537. The molecule has 0 aliphatic heterocycles. The van der Waals surface area contributed by atoms with E-state index in [1.807, 2.05) is 14.1 Å². The fraction of sp³-hybridized carbons (Fsp3) is 0.533. The molecule has 1 rings (SSSR count). The molecular weight excluding hydrogens is 302 g/mol. The number of nitrogens with zero attached hydrogens (tertiary/aromatic N) is 2. The first kappa shape index (κ1) is 18.6. The van der Waals surface area contributed by atoms with Crippen LogP contribution in [0.5, 0.6) is 0 Å². The van der Waals surface area contributed by atoms with Gasteiger partial charge in [-0.05, 0) is 44.8 Å². The van der Waals surface area contributed by atoms with Crippen molar-refractivity contribution in [2.75, 3.05) is 41.3 Å². The third-order valence-corrected chi connectivity index (χ3v) is 5.00. The SMILES string of the molecule is CN(C)CCCNC(=O)Cc1ccc(S(=O)(=O)N(C)C)cc1. The fourth-order valence-corrected chi connectivity index (χ4v) is 2.76. The Hall–Kier alpha value is -1.44. The smallest absolute Gasteiger partial charge is 0.242 e. The highest BCUT2D eigenvalue weighted by atomic mass is 32.2. The molecule has 0 bridgehead atoms. The summed E-state index contributed by atoms with van der Waals surface area (Å²) in [6.07, 6.45) is 1.16. The largest absolute Gasteiger partial charge is 0.356 e. The summed E-state index contributed by atoms with van der Waals surface area (Å²) >= 11 is 0. The molecule has 0 heterocycles. The van der Waals surface area contributed by atoms with E-state index in [9.17, 15) is 13.2 Å². The second-order valence-electron chi connectivity index (χ2n) is 5.61. The number of hydrogen-bond acceptors (Lipinski definition) is 4. The van der Waals surface area contributed by atoms with Gasteiger partial charge in [0.05, 0.1) is 11.3 Å². The zero-order valence-corrected chi connectivity index (χ0v) is 14.5. The second-order valence-corrected chi connectivity index (χ2v) is 7.77. The number of carbonyl (C=O) groups excluding carboxylic acids is 1. The van der Waals surface area contributed by atoms with Crippen molar-refractivity contribution in [3.05, 3.63) is 29.8 Å². The van der Waals surface area contributed by atoms with Crippen LogP contribution in [0.4, 0.5) is 0 Å². The fourth-order valence-electron chi connectivity index (χ4n) is 1.86. The minimum absolute atomic E-state index is 0.0537. The Bertz CT molecular complexity index is 581. The number of rotatable bonds is 8. The highest BCUT2D eigenvalue weighted by Crippen LogP contribution is 2.14. The first-order valence-corrected chi connectivity index (χ1v) is 8.60. The number of nitrogens with one attached hydrogen (secondary N) is 1. The van der Waals surface area contributed by atoms with Crippen LogP contribution < -0.4 is 5.32 Å². The van der Waals surface area contributed by atoms with E-state index in [1.165, 1.54) is 30.5 Å². The molecule has 1 aromatic rings. The molecule has 0 saturated heterocycles. The summed E-state index contributed by atoms with van der Waals surface area (Å²) in [5.41, 5.74) is 0.794. The number of amides is 1. The molecule has 0 radical (unpaired) electrons. The van der Waals surface area contributed by atoms with Gasteiger partial charge in [-0.15, -0.1) is 0 Å². The third-order valence-electron chi connectivity index (χ3n) is 3.17. The normalized spacial score (nSPS) is 11.9. The molecular formula is C15H25N3O3S. The van der Waals surface area contributed by atoms with E-state index < -0.39 is 10.0 Å². The minimum Gasteiger partial charge on any atom is -0.356 e. The van der Waals surface area contributed by atoms with Gasteiger partial charge in [-0.3, -0.25) is 4.79 Å². The maximum atomic E-state index is 11.9. The lowest BCUT2D eigenvalue weighted by Gasteiger charge is -2.12. The van der Waals surface area contributed by atoms with Gasteiger partial charge in [0.25, 0.3) is 0 Å². The van der Waals surface area contributed by atoms with E-state index in [-0.39, 0.29) is 17.2 Å². The Balaban J connectivity index is 2.53. The maximum absolute atomic E-state index is 11.9. The van der Waals surface area contributed by atoms with Crippen molar-refractivity contribution in [2.45, 2.75) is 17.7 Å². The van der Waals surface area contributed by atoms with Crippen molar-refractivity contribution >= 4 is 15.9 Å². The van der Waals surface area contributed by atoms with E-state index >= 15 is 0 Å². The predicted octanol–water partition coefficient (Wildman–Crippen LogP) is 0.547. The molecule has 124 valence electrons. The Morgan fingerprint density at radius 1 is 1.09 bits per heavy atom. The van der Waals surface area contributed by atoms with Crippen molar-refractivity contribution < 1.29 is 13.2 Å². The lowest BCUT2D eigenvalue weighted by atomic mass is 10.1. The van der Waals surface area contributed by atoms with Crippen molar-refractivity contribution in [2.24, 2.45) is 0 Å². The highest BCUT2D eigenvalue weighted by molar-refractivity contribution is 7.89. The van der Waals surface area contributed by atoms with Gasteiger partial charge >= 0.3 is 0 Å². The van der Waals surface area contributed by atoms with Crippen LogP contribution >= 0.6 is 0 Å². The van der Waals surface area contributed by atoms with Gasteiger partial charge in [-0.25, -0.2) is 12.7 Å². The van der Waals surface area contributed by atoms with Crippen LogP contribution in [0.3, 0.4) is 0 Å². The Labute approximate surface area is 133 Å². The second kappa shape index (κ2) is 8.26. The third kappa shape index (κ3) is 5.75. The molecule has 0 unspecified atom stereocenters. The van der Waals surface area contributed by atoms with Gasteiger partial charge in [-0.1, -0.05) is 12.1 Å². The van der Waals surface area contributed by atoms with Gasteiger partial charge < -0.3 is 10.2 Å². The average Bonchev–Trinajstić information content (AvgIpc) is 2.44. The molecule has 6 nitrogen and oxygen atoms in total. The summed E-state index contributed by atoms with van der Waals surface area (Å²) in [7, 11) is 3.54. The first-order chi connectivity index (χ1) is 10.2. The van der Waals surface area contributed by atoms with Crippen molar-refractivity contribution in [3.8, 4) is 0 Å². The quantitative estimate of drug-likeness (QED) is 0.708. The maximum Gasteiger partial charge on any atom is 0.242 e. The van der Waals surface area contributed by atoms with Crippen LogP contribution in [0.1, 0.15) is 12.0 Å². The Kier molecular flexibility index (Phi) is 6.99. The molecule has 1 N–H and O–H groups in total. The number of hydrogen-bond donors (Lipinski definition) is 1. The van der Waals surface area contributed by atoms with Gasteiger partial charge in [0, 0.05) is 20.6 Å². The van der Waals surface area contributed by atoms with E-state index in [0.29, 0.717) is 6.54 Å². The molecule has 0 aliphatic carbocycles. The van der Waals surface area contributed by atoms with Gasteiger partial charge in [-0.2, -0.15) is 0 Å². The van der Waals surface area contributed by atoms with Gasteiger partial charge in [0.15, 0.2) is 0 Å². The predicted molar refractivity (Wildman–Crippen MR) is 87.2 cm³/mol. The molecule has 7 heteroatoms. The standard InChI is InChI=1S/C15H25N3O3S/c1-17(2)11-5-10-16-15(19)12-13-6-8-14(9-7-13)22(20,21)18(3)4/h6-9H,5,10-12H2,1-4H3,(H,16,19). The van der Waals surface area contributed by atoms with Crippen LogP contribution in [-0.2, 0) is 21.2 Å². The van der Waals surface area contributed by atoms with E-state index in [0.717, 1.165) is 18.5 Å². The summed E-state index contributed by atoms with van der Waals surface area (Å²) < 4.78 is 25.0. The van der Waals surface area contributed by atoms with Crippen LogP contribution in [0.2, 0.25) is 0 Å². The first-order valence-electron chi connectivity index (χ1n) is 7.16. The number of benzene rings is 1.